The van der Waals surface area contributed by atoms with Crippen molar-refractivity contribution in [2.45, 2.75) is 6.92 Å². The summed E-state index contributed by atoms with van der Waals surface area (Å²) in [4.78, 5) is 25.5. The molecule has 0 aromatic rings. The average Bonchev–Trinajstić information content (AvgIpc) is 1.36. The Hall–Kier alpha value is 1.02. The first-order valence-corrected chi connectivity index (χ1v) is 2.57. The molecule has 0 unspecified atom stereocenters. The molecule has 38 valence electrons. The minimum Gasteiger partial charge on any atom is -1.00 e. The molecule has 0 aromatic carbocycles. The molecule has 0 amide bonds. The van der Waals surface area contributed by atoms with Crippen molar-refractivity contribution >= 4 is 13.9 Å². The first kappa shape index (κ1) is 10.9. The van der Waals surface area contributed by atoms with E-state index in [1.54, 1.807) is 0 Å². The van der Waals surface area contributed by atoms with Crippen LogP contribution in [0.5, 0.6) is 0 Å². The molecule has 2 N–H and O–H groups in total. The van der Waals surface area contributed by atoms with E-state index in [9.17, 15) is 4.79 Å². The van der Waals surface area contributed by atoms with Gasteiger partial charge in [-0.25, -0.2) is 0 Å². The fourth-order valence-electron chi connectivity index (χ4n) is 0. The minimum atomic E-state index is -2.30. The molecule has 0 aromatic heterocycles. The second-order valence-corrected chi connectivity index (χ2v) is 2.02. The summed E-state index contributed by atoms with van der Waals surface area (Å²) in [5.41, 5.74) is -0.565. The quantitative estimate of drug-likeness (QED) is 0.294. The van der Waals surface area contributed by atoms with E-state index in [1.807, 2.05) is 0 Å². The van der Waals surface area contributed by atoms with Crippen molar-refractivity contribution in [2.75, 3.05) is 0 Å². The molecule has 0 fully saturated rings. The van der Waals surface area contributed by atoms with Gasteiger partial charge in [-0.15, -0.1) is 0 Å². The molecule has 0 saturated carbocycles. The molecule has 3 nitrogen and oxygen atoms in total. The number of rotatable bonds is 1. The number of carbonyl (C=O) groups excluding carboxylic acids is 1. The van der Waals surface area contributed by atoms with Crippen LogP contribution in [0, 0.1) is 0 Å². The van der Waals surface area contributed by atoms with Crippen LogP contribution >= 0.6 is 8.38 Å². The van der Waals surface area contributed by atoms with Crippen LogP contribution in [-0.4, -0.2) is 15.3 Å². The Balaban J connectivity index is -0.000000125. The van der Waals surface area contributed by atoms with Gasteiger partial charge >= 0.3 is 29.6 Å². The predicted octanol–water partition coefficient (Wildman–Crippen LogP) is -3.05. The number of carbonyl (C=O) groups is 1. The minimum absolute atomic E-state index is 0. The molecule has 0 atom stereocenters. The third-order valence-corrected chi connectivity index (χ3v) is 0.845. The third kappa shape index (κ3) is 7.02. The van der Waals surface area contributed by atoms with E-state index in [4.69, 9.17) is 9.79 Å². The summed E-state index contributed by atoms with van der Waals surface area (Å²) in [7, 11) is -2.30. The van der Waals surface area contributed by atoms with Crippen molar-refractivity contribution < 1.29 is 45.6 Å². The van der Waals surface area contributed by atoms with Gasteiger partial charge in [0.15, 0.2) is 0 Å². The van der Waals surface area contributed by atoms with Crippen LogP contribution in [0.15, 0.2) is 0 Å². The van der Waals surface area contributed by atoms with Crippen molar-refractivity contribution in [1.29, 1.82) is 0 Å². The van der Waals surface area contributed by atoms with Crippen LogP contribution in [0.4, 0.5) is 0 Å². The molecule has 0 aliphatic rings. The molecule has 0 heterocycles. The van der Waals surface area contributed by atoms with Gasteiger partial charge in [0.2, 0.25) is 13.9 Å². The SMILES string of the molecule is CC(=O)P(O)O.[H-].[Na+]. The largest absolute Gasteiger partial charge is 1.00 e. The first-order chi connectivity index (χ1) is 2.64. The number of hydrogen-bond acceptors (Lipinski definition) is 3. The fourth-order valence-corrected chi connectivity index (χ4v) is 0. The van der Waals surface area contributed by atoms with E-state index in [2.05, 4.69) is 0 Å². The van der Waals surface area contributed by atoms with Crippen molar-refractivity contribution in [3.63, 3.8) is 0 Å². The van der Waals surface area contributed by atoms with Gasteiger partial charge in [0.1, 0.15) is 0 Å². The standard InChI is InChI=1S/C2H5O3P.Na.H/c1-2(3)6(4)5;;/h4-5H,1H3;;/q;+1;-1. The van der Waals surface area contributed by atoms with Gasteiger partial charge in [0.25, 0.3) is 0 Å². The smallest absolute Gasteiger partial charge is 1.00 e. The van der Waals surface area contributed by atoms with Crippen LogP contribution in [0.3, 0.4) is 0 Å². The van der Waals surface area contributed by atoms with Gasteiger partial charge in [-0.2, -0.15) is 0 Å². The van der Waals surface area contributed by atoms with E-state index >= 15 is 0 Å². The maximum absolute atomic E-state index is 9.67. The summed E-state index contributed by atoms with van der Waals surface area (Å²) in [6.07, 6.45) is 0. The molecule has 0 saturated heterocycles. The Morgan fingerprint density at radius 2 is 1.86 bits per heavy atom. The summed E-state index contributed by atoms with van der Waals surface area (Å²) in [5.74, 6) is 0. The zero-order valence-corrected chi connectivity index (χ0v) is 7.14. The molecule has 0 rings (SSSR count). The molecule has 7 heavy (non-hydrogen) atoms. The van der Waals surface area contributed by atoms with Crippen molar-refractivity contribution in [1.82, 2.24) is 0 Å². The molecular weight excluding hydrogens is 126 g/mol. The van der Waals surface area contributed by atoms with Crippen molar-refractivity contribution in [3.05, 3.63) is 0 Å². The molecular formula is C2H6NaO3P. The van der Waals surface area contributed by atoms with Crippen LogP contribution < -0.4 is 29.6 Å². The maximum atomic E-state index is 9.67. The average molecular weight is 132 g/mol. The van der Waals surface area contributed by atoms with Gasteiger partial charge < -0.3 is 11.2 Å². The second-order valence-electron chi connectivity index (χ2n) is 0.808. The van der Waals surface area contributed by atoms with E-state index in [-0.39, 0.29) is 31.0 Å². The third-order valence-electron chi connectivity index (χ3n) is 0.282. The summed E-state index contributed by atoms with van der Waals surface area (Å²) in [6.45, 7) is 1.13. The summed E-state index contributed by atoms with van der Waals surface area (Å²) in [5, 5.41) is 0. The van der Waals surface area contributed by atoms with Gasteiger partial charge in [-0.3, -0.25) is 4.79 Å². The fraction of sp³-hybridized carbons (Fsp3) is 0.500. The van der Waals surface area contributed by atoms with Crippen LogP contribution in [-0.2, 0) is 4.79 Å². The topological polar surface area (TPSA) is 57.5 Å². The predicted molar refractivity (Wildman–Crippen MR) is 23.2 cm³/mol. The Labute approximate surface area is 66.4 Å². The summed E-state index contributed by atoms with van der Waals surface area (Å²) in [6, 6.07) is 0. The van der Waals surface area contributed by atoms with E-state index < -0.39 is 13.9 Å². The van der Waals surface area contributed by atoms with Gasteiger partial charge in [0.05, 0.1) is 0 Å². The summed E-state index contributed by atoms with van der Waals surface area (Å²) >= 11 is 0. The zero-order chi connectivity index (χ0) is 5.15. The summed E-state index contributed by atoms with van der Waals surface area (Å²) < 4.78 is 0. The van der Waals surface area contributed by atoms with Crippen molar-refractivity contribution in [3.8, 4) is 0 Å². The van der Waals surface area contributed by atoms with E-state index in [1.165, 1.54) is 0 Å². The normalized spacial score (nSPS) is 8.00. The maximum Gasteiger partial charge on any atom is 1.00 e. The molecule has 0 aliphatic carbocycles. The monoisotopic (exact) mass is 132 g/mol. The molecule has 0 radical (unpaired) electrons. The molecule has 0 spiro atoms. The van der Waals surface area contributed by atoms with E-state index in [0.29, 0.717) is 0 Å². The molecule has 5 heteroatoms. The Kier molecular flexibility index (Phi) is 8.04. The van der Waals surface area contributed by atoms with Gasteiger partial charge in [-0.1, -0.05) is 0 Å². The zero-order valence-electron chi connectivity index (χ0n) is 5.25. The molecule has 0 aliphatic heterocycles. The Morgan fingerprint density at radius 3 is 1.86 bits per heavy atom. The number of hydrogen-bond donors (Lipinski definition) is 2. The van der Waals surface area contributed by atoms with E-state index in [0.717, 1.165) is 6.92 Å². The van der Waals surface area contributed by atoms with Crippen molar-refractivity contribution in [2.24, 2.45) is 0 Å². The Bertz CT molecular complexity index is 68.3. The van der Waals surface area contributed by atoms with Gasteiger partial charge in [-0.05, 0) is 0 Å². The first-order valence-electron chi connectivity index (χ1n) is 1.33. The van der Waals surface area contributed by atoms with Crippen LogP contribution in [0.25, 0.3) is 0 Å². The Morgan fingerprint density at radius 1 is 1.71 bits per heavy atom. The van der Waals surface area contributed by atoms with Gasteiger partial charge in [0, 0.05) is 6.92 Å². The molecule has 0 bridgehead atoms. The van der Waals surface area contributed by atoms with Crippen LogP contribution in [0.2, 0.25) is 0 Å². The second kappa shape index (κ2) is 5.16. The van der Waals surface area contributed by atoms with Crippen LogP contribution in [0.1, 0.15) is 8.35 Å².